The Bertz CT molecular complexity index is 682. The van der Waals surface area contributed by atoms with Gasteiger partial charge >= 0.3 is 0 Å². The second-order valence-corrected chi connectivity index (χ2v) is 5.61. The van der Waals surface area contributed by atoms with E-state index >= 15 is 0 Å². The first-order valence-electron chi connectivity index (χ1n) is 7.60. The molecule has 3 heterocycles. The lowest BCUT2D eigenvalue weighted by Gasteiger charge is -2.27. The Morgan fingerprint density at radius 1 is 1.39 bits per heavy atom. The van der Waals surface area contributed by atoms with Crippen LogP contribution in [-0.2, 0) is 0 Å². The highest BCUT2D eigenvalue weighted by atomic mass is 35.5. The summed E-state index contributed by atoms with van der Waals surface area (Å²) in [4.78, 5) is 19.1. The van der Waals surface area contributed by atoms with Gasteiger partial charge in [0.15, 0.2) is 0 Å². The molecule has 0 atom stereocenters. The average Bonchev–Trinajstić information content (AvgIpc) is 2.88. The van der Waals surface area contributed by atoms with Gasteiger partial charge in [0.25, 0.3) is 11.6 Å². The lowest BCUT2D eigenvalue weighted by atomic mass is 10.1. The Kier molecular flexibility index (Phi) is 5.92. The molecule has 8 heteroatoms. The predicted molar refractivity (Wildman–Crippen MR) is 90.2 cm³/mol. The number of rotatable bonds is 4. The molecule has 2 aromatic heterocycles. The zero-order valence-corrected chi connectivity index (χ0v) is 14.2. The minimum absolute atomic E-state index is 0. The van der Waals surface area contributed by atoms with Crippen LogP contribution in [0.25, 0.3) is 11.1 Å². The molecule has 3 rings (SSSR count). The number of pyridine rings is 1. The molecule has 0 radical (unpaired) electrons. The van der Waals surface area contributed by atoms with E-state index in [1.807, 2.05) is 13.8 Å². The van der Waals surface area contributed by atoms with Crippen LogP contribution in [0.3, 0.4) is 0 Å². The summed E-state index contributed by atoms with van der Waals surface area (Å²) in [7, 11) is 0. The van der Waals surface area contributed by atoms with E-state index in [9.17, 15) is 4.79 Å². The number of nitrogens with zero attached hydrogens (tertiary/aromatic N) is 3. The van der Waals surface area contributed by atoms with Gasteiger partial charge in [-0.3, -0.25) is 9.69 Å². The molecule has 0 unspecified atom stereocenters. The van der Waals surface area contributed by atoms with Crippen LogP contribution in [0.4, 0.5) is 0 Å². The number of nitrogens with one attached hydrogen (secondary N) is 2. The van der Waals surface area contributed by atoms with Gasteiger partial charge in [0.1, 0.15) is 0 Å². The van der Waals surface area contributed by atoms with Crippen molar-refractivity contribution in [2.75, 3.05) is 39.3 Å². The van der Waals surface area contributed by atoms with E-state index in [0.29, 0.717) is 28.9 Å². The fourth-order valence-electron chi connectivity index (χ4n) is 2.75. The lowest BCUT2D eigenvalue weighted by molar-refractivity contribution is 0.0948. The topological polar surface area (TPSA) is 83.3 Å². The summed E-state index contributed by atoms with van der Waals surface area (Å²) in [5, 5.41) is 10.9. The summed E-state index contributed by atoms with van der Waals surface area (Å²) in [6, 6.07) is 1.78. The van der Waals surface area contributed by atoms with Gasteiger partial charge in [-0.25, -0.2) is 4.98 Å². The van der Waals surface area contributed by atoms with Gasteiger partial charge in [0.05, 0.1) is 16.6 Å². The van der Waals surface area contributed by atoms with E-state index in [4.69, 9.17) is 4.52 Å². The monoisotopic (exact) mass is 339 g/mol. The molecule has 1 fully saturated rings. The van der Waals surface area contributed by atoms with Gasteiger partial charge in [0.2, 0.25) is 0 Å². The van der Waals surface area contributed by atoms with Crippen LogP contribution in [0.2, 0.25) is 0 Å². The largest absolute Gasteiger partial charge is 0.351 e. The van der Waals surface area contributed by atoms with Crippen LogP contribution in [-0.4, -0.2) is 60.2 Å². The van der Waals surface area contributed by atoms with Crippen molar-refractivity contribution in [1.82, 2.24) is 25.7 Å². The van der Waals surface area contributed by atoms with Crippen LogP contribution >= 0.6 is 12.4 Å². The Balaban J connectivity index is 0.00000192. The molecule has 1 aliphatic rings. The Morgan fingerprint density at radius 3 is 2.87 bits per heavy atom. The van der Waals surface area contributed by atoms with E-state index in [2.05, 4.69) is 25.7 Å². The van der Waals surface area contributed by atoms with Crippen molar-refractivity contribution in [3.8, 4) is 0 Å². The van der Waals surface area contributed by atoms with Crippen molar-refractivity contribution in [3.05, 3.63) is 23.0 Å². The smallest absolute Gasteiger partial charge is 0.258 e. The van der Waals surface area contributed by atoms with Gasteiger partial charge in [0, 0.05) is 45.0 Å². The summed E-state index contributed by atoms with van der Waals surface area (Å²) >= 11 is 0. The third-order valence-electron chi connectivity index (χ3n) is 3.91. The number of aromatic nitrogens is 2. The molecule has 2 N–H and O–H groups in total. The van der Waals surface area contributed by atoms with E-state index in [1.54, 1.807) is 6.07 Å². The van der Waals surface area contributed by atoms with Crippen molar-refractivity contribution >= 4 is 29.4 Å². The quantitative estimate of drug-likeness (QED) is 0.861. The molecule has 126 valence electrons. The maximum atomic E-state index is 12.5. The molecule has 0 saturated carbocycles. The summed E-state index contributed by atoms with van der Waals surface area (Å²) in [5.74, 6) is -0.100. The van der Waals surface area contributed by atoms with Gasteiger partial charge in [-0.2, -0.15) is 0 Å². The fraction of sp³-hybridized carbons (Fsp3) is 0.533. The highest BCUT2D eigenvalue weighted by Crippen LogP contribution is 2.21. The van der Waals surface area contributed by atoms with E-state index in [0.717, 1.165) is 38.4 Å². The predicted octanol–water partition coefficient (Wildman–Crippen LogP) is 0.896. The Morgan fingerprint density at radius 2 is 2.13 bits per heavy atom. The summed E-state index contributed by atoms with van der Waals surface area (Å²) < 4.78 is 5.16. The van der Waals surface area contributed by atoms with E-state index < -0.39 is 0 Å². The highest BCUT2D eigenvalue weighted by molar-refractivity contribution is 6.06. The number of hydrogen-bond donors (Lipinski definition) is 2. The van der Waals surface area contributed by atoms with Gasteiger partial charge in [-0.1, -0.05) is 5.16 Å². The van der Waals surface area contributed by atoms with Crippen LogP contribution in [0, 0.1) is 13.8 Å². The summed E-state index contributed by atoms with van der Waals surface area (Å²) in [6.07, 6.45) is 0. The van der Waals surface area contributed by atoms with Crippen molar-refractivity contribution < 1.29 is 9.32 Å². The fourth-order valence-corrected chi connectivity index (χ4v) is 2.75. The first-order chi connectivity index (χ1) is 10.6. The van der Waals surface area contributed by atoms with Crippen LogP contribution in [0.1, 0.15) is 21.7 Å². The van der Waals surface area contributed by atoms with Crippen molar-refractivity contribution in [3.63, 3.8) is 0 Å². The maximum Gasteiger partial charge on any atom is 0.258 e. The molecule has 2 aromatic rings. The Labute approximate surface area is 141 Å². The number of piperazine rings is 1. The lowest BCUT2D eigenvalue weighted by Crippen LogP contribution is -2.46. The first kappa shape index (κ1) is 17.7. The number of amides is 1. The van der Waals surface area contributed by atoms with Crippen LogP contribution in [0.15, 0.2) is 10.6 Å². The Hall–Kier alpha value is -1.70. The van der Waals surface area contributed by atoms with Crippen molar-refractivity contribution in [1.29, 1.82) is 0 Å². The minimum Gasteiger partial charge on any atom is -0.351 e. The van der Waals surface area contributed by atoms with Gasteiger partial charge in [-0.15, -0.1) is 12.4 Å². The molecule has 0 spiro atoms. The summed E-state index contributed by atoms with van der Waals surface area (Å²) in [6.45, 7) is 9.24. The molecule has 0 aromatic carbocycles. The van der Waals surface area contributed by atoms with Crippen LogP contribution in [0.5, 0.6) is 0 Å². The average molecular weight is 340 g/mol. The van der Waals surface area contributed by atoms with Crippen molar-refractivity contribution in [2.24, 2.45) is 0 Å². The normalized spacial score (nSPS) is 15.4. The standard InChI is InChI=1S/C15H21N5O2.ClH/c1-10-9-12(13-11(2)19-22-15(13)18-10)14(21)17-5-8-20-6-3-16-4-7-20;/h9,16H,3-8H2,1-2H3,(H,17,21);1H. The van der Waals surface area contributed by atoms with Crippen LogP contribution < -0.4 is 10.6 Å². The zero-order valence-electron chi connectivity index (χ0n) is 13.4. The second kappa shape index (κ2) is 7.72. The SMILES string of the molecule is Cc1cc(C(=O)NCCN2CCNCC2)c2c(C)noc2n1.Cl. The van der Waals surface area contributed by atoms with E-state index in [-0.39, 0.29) is 18.3 Å². The van der Waals surface area contributed by atoms with Gasteiger partial charge in [-0.05, 0) is 19.9 Å². The third kappa shape index (κ3) is 3.99. The first-order valence-corrected chi connectivity index (χ1v) is 7.60. The number of carbonyl (C=O) groups is 1. The molecule has 23 heavy (non-hydrogen) atoms. The molecular formula is C15H22ClN5O2. The molecule has 0 aliphatic carbocycles. The number of aryl methyl sites for hydroxylation is 2. The molecule has 1 aliphatic heterocycles. The van der Waals surface area contributed by atoms with Crippen molar-refractivity contribution in [2.45, 2.75) is 13.8 Å². The molecular weight excluding hydrogens is 318 g/mol. The number of carbonyl (C=O) groups excluding carboxylic acids is 1. The zero-order chi connectivity index (χ0) is 15.5. The third-order valence-corrected chi connectivity index (χ3v) is 3.91. The summed E-state index contributed by atoms with van der Waals surface area (Å²) in [5.41, 5.74) is 2.44. The molecule has 7 nitrogen and oxygen atoms in total. The molecule has 0 bridgehead atoms. The second-order valence-electron chi connectivity index (χ2n) is 5.61. The minimum atomic E-state index is -0.100. The highest BCUT2D eigenvalue weighted by Gasteiger charge is 2.18. The van der Waals surface area contributed by atoms with E-state index in [1.165, 1.54) is 0 Å². The van der Waals surface area contributed by atoms with Gasteiger partial charge < -0.3 is 15.2 Å². The maximum absolute atomic E-state index is 12.5. The molecule has 1 saturated heterocycles. The number of halogens is 1. The molecule has 1 amide bonds. The number of hydrogen-bond acceptors (Lipinski definition) is 6. The number of fused-ring (bicyclic) bond motifs is 1.